The first kappa shape index (κ1) is 15.9. The van der Waals surface area contributed by atoms with Crippen molar-refractivity contribution in [3.05, 3.63) is 90.8 Å². The zero-order valence-corrected chi connectivity index (χ0v) is 13.4. The number of amides is 1. The average molecular weight is 338 g/mol. The van der Waals surface area contributed by atoms with Gasteiger partial charge < -0.3 is 0 Å². The van der Waals surface area contributed by atoms with Crippen LogP contribution in [0.15, 0.2) is 90.0 Å². The fourth-order valence-electron chi connectivity index (χ4n) is 2.22. The van der Waals surface area contributed by atoms with Gasteiger partial charge in [0.25, 0.3) is 15.9 Å². The number of hydrogen-bond donors (Lipinski definition) is 0. The van der Waals surface area contributed by atoms with E-state index in [1.54, 1.807) is 60.7 Å². The predicted octanol–water partition coefficient (Wildman–Crippen LogP) is 3.12. The van der Waals surface area contributed by atoms with Gasteiger partial charge in [-0.25, -0.2) is 8.42 Å². The third kappa shape index (κ3) is 3.04. The monoisotopic (exact) mass is 338 g/mol. The average Bonchev–Trinajstić information content (AvgIpc) is 2.64. The van der Waals surface area contributed by atoms with Gasteiger partial charge in [-0.3, -0.25) is 9.78 Å². The Morgan fingerprint density at radius 1 is 0.792 bits per heavy atom. The minimum absolute atomic E-state index is 0.0399. The largest absolute Gasteiger partial charge is 0.290 e. The highest BCUT2D eigenvalue weighted by atomic mass is 32.2. The van der Waals surface area contributed by atoms with Gasteiger partial charge >= 0.3 is 0 Å². The Labute approximate surface area is 140 Å². The van der Waals surface area contributed by atoms with Crippen LogP contribution in [0.25, 0.3) is 0 Å². The van der Waals surface area contributed by atoms with Crippen molar-refractivity contribution in [2.45, 2.75) is 4.90 Å². The van der Waals surface area contributed by atoms with Crippen molar-refractivity contribution in [1.29, 1.82) is 0 Å². The summed E-state index contributed by atoms with van der Waals surface area (Å²) in [6.45, 7) is 0. The second-order valence-corrected chi connectivity index (χ2v) is 6.72. The summed E-state index contributed by atoms with van der Waals surface area (Å²) in [5.74, 6) is -0.703. The molecular formula is C18H14N2O3S. The fourth-order valence-corrected chi connectivity index (χ4v) is 3.64. The smallest absolute Gasteiger partial charge is 0.266 e. The second-order valence-electron chi connectivity index (χ2n) is 4.94. The van der Waals surface area contributed by atoms with Gasteiger partial charge in [-0.1, -0.05) is 42.5 Å². The molecule has 1 heterocycles. The summed E-state index contributed by atoms with van der Waals surface area (Å²) in [4.78, 5) is 16.9. The molecule has 0 radical (unpaired) electrons. The number of nitrogens with zero attached hydrogens (tertiary/aromatic N) is 2. The van der Waals surface area contributed by atoms with Crippen LogP contribution in [-0.4, -0.2) is 19.3 Å². The van der Waals surface area contributed by atoms with Gasteiger partial charge in [-0.2, -0.15) is 4.31 Å². The van der Waals surface area contributed by atoms with Crippen LogP contribution in [0, 0.1) is 0 Å². The van der Waals surface area contributed by atoms with Gasteiger partial charge in [0.2, 0.25) is 0 Å². The number of aromatic nitrogens is 1. The van der Waals surface area contributed by atoms with Crippen LogP contribution in [-0.2, 0) is 10.0 Å². The summed E-state index contributed by atoms with van der Waals surface area (Å²) >= 11 is 0. The number of pyridine rings is 1. The van der Waals surface area contributed by atoms with Crippen LogP contribution in [0.5, 0.6) is 0 Å². The molecule has 24 heavy (non-hydrogen) atoms. The lowest BCUT2D eigenvalue weighted by molar-refractivity contribution is 0.100. The van der Waals surface area contributed by atoms with Gasteiger partial charge in [-0.15, -0.1) is 0 Å². The van der Waals surface area contributed by atoms with Crippen LogP contribution in [0.4, 0.5) is 5.69 Å². The Morgan fingerprint density at radius 2 is 1.38 bits per heavy atom. The standard InChI is InChI=1S/C18H14N2O3S/c21-18(17-13-7-8-14-19-17)20(15-9-3-1-4-10-15)24(22,23)16-11-5-2-6-12-16/h1-14H. The molecule has 0 aliphatic carbocycles. The molecule has 1 amide bonds. The summed E-state index contributed by atoms with van der Waals surface area (Å²) in [5.41, 5.74) is 0.317. The third-order valence-corrected chi connectivity index (χ3v) is 5.07. The molecule has 6 heteroatoms. The van der Waals surface area contributed by atoms with Gasteiger partial charge in [0.15, 0.2) is 0 Å². The molecular weight excluding hydrogens is 324 g/mol. The number of hydrogen-bond acceptors (Lipinski definition) is 4. The summed E-state index contributed by atoms with van der Waals surface area (Å²) in [7, 11) is -4.06. The molecule has 0 atom stereocenters. The van der Waals surface area contributed by atoms with E-state index in [-0.39, 0.29) is 16.3 Å². The van der Waals surface area contributed by atoms with Crippen molar-refractivity contribution < 1.29 is 13.2 Å². The van der Waals surface area contributed by atoms with E-state index < -0.39 is 15.9 Å². The highest BCUT2D eigenvalue weighted by Gasteiger charge is 2.32. The van der Waals surface area contributed by atoms with Crippen LogP contribution in [0.2, 0.25) is 0 Å². The Hall–Kier alpha value is -2.99. The van der Waals surface area contributed by atoms with Crippen molar-refractivity contribution in [1.82, 2.24) is 4.98 Å². The van der Waals surface area contributed by atoms with Gasteiger partial charge in [0.1, 0.15) is 5.69 Å². The Balaban J connectivity index is 2.15. The zero-order chi connectivity index (χ0) is 17.0. The first-order chi connectivity index (χ1) is 11.6. The maximum Gasteiger partial charge on any atom is 0.290 e. The number of sulfonamides is 1. The van der Waals surface area contributed by atoms with Crippen LogP contribution in [0.1, 0.15) is 10.5 Å². The number of benzene rings is 2. The van der Waals surface area contributed by atoms with Crippen LogP contribution < -0.4 is 4.31 Å². The van der Waals surface area contributed by atoms with E-state index in [4.69, 9.17) is 0 Å². The molecule has 120 valence electrons. The Kier molecular flexibility index (Phi) is 4.39. The van der Waals surface area contributed by atoms with E-state index >= 15 is 0 Å². The summed E-state index contributed by atoms with van der Waals surface area (Å²) in [6.07, 6.45) is 1.45. The minimum atomic E-state index is -4.06. The minimum Gasteiger partial charge on any atom is -0.266 e. The molecule has 3 rings (SSSR count). The van der Waals surface area contributed by atoms with E-state index in [1.165, 1.54) is 24.4 Å². The van der Waals surface area contributed by atoms with Crippen molar-refractivity contribution in [2.24, 2.45) is 0 Å². The summed E-state index contributed by atoms with van der Waals surface area (Å²) < 4.78 is 26.8. The predicted molar refractivity (Wildman–Crippen MR) is 91.1 cm³/mol. The van der Waals surface area contributed by atoms with E-state index in [2.05, 4.69) is 4.98 Å². The molecule has 5 nitrogen and oxygen atoms in total. The van der Waals surface area contributed by atoms with Gasteiger partial charge in [0, 0.05) is 6.20 Å². The van der Waals surface area contributed by atoms with Gasteiger partial charge in [0.05, 0.1) is 10.6 Å². The normalized spacial score (nSPS) is 11.0. The number of para-hydroxylation sites is 1. The van der Waals surface area contributed by atoms with Crippen LogP contribution in [0.3, 0.4) is 0 Å². The third-order valence-electron chi connectivity index (χ3n) is 3.34. The van der Waals surface area contributed by atoms with Crippen molar-refractivity contribution in [3.8, 4) is 0 Å². The van der Waals surface area contributed by atoms with E-state index in [9.17, 15) is 13.2 Å². The maximum absolute atomic E-state index is 13.0. The van der Waals surface area contributed by atoms with Gasteiger partial charge in [-0.05, 0) is 36.4 Å². The molecule has 0 saturated heterocycles. The summed E-state index contributed by atoms with van der Waals surface area (Å²) in [5, 5.41) is 0. The molecule has 3 aromatic rings. The highest BCUT2D eigenvalue weighted by molar-refractivity contribution is 7.93. The molecule has 0 fully saturated rings. The molecule has 0 bridgehead atoms. The van der Waals surface area contributed by atoms with E-state index in [1.807, 2.05) is 0 Å². The zero-order valence-electron chi connectivity index (χ0n) is 12.6. The SMILES string of the molecule is O=C(c1ccccn1)N(c1ccccc1)S(=O)(=O)c1ccccc1. The maximum atomic E-state index is 13.0. The lowest BCUT2D eigenvalue weighted by Gasteiger charge is -2.22. The number of anilines is 1. The first-order valence-corrected chi connectivity index (χ1v) is 8.65. The molecule has 0 N–H and O–H groups in total. The van der Waals surface area contributed by atoms with Crippen LogP contribution >= 0.6 is 0 Å². The summed E-state index contributed by atoms with van der Waals surface area (Å²) in [6, 6.07) is 20.9. The number of carbonyl (C=O) groups is 1. The highest BCUT2D eigenvalue weighted by Crippen LogP contribution is 2.25. The molecule has 0 saturated carbocycles. The first-order valence-electron chi connectivity index (χ1n) is 7.21. The number of rotatable bonds is 4. The fraction of sp³-hybridized carbons (Fsp3) is 0. The second kappa shape index (κ2) is 6.64. The number of carbonyl (C=O) groups excluding carboxylic acids is 1. The molecule has 0 spiro atoms. The lowest BCUT2D eigenvalue weighted by atomic mass is 10.3. The van der Waals surface area contributed by atoms with Crippen molar-refractivity contribution in [3.63, 3.8) is 0 Å². The topological polar surface area (TPSA) is 67.3 Å². The van der Waals surface area contributed by atoms with E-state index in [0.29, 0.717) is 0 Å². The molecule has 0 unspecified atom stereocenters. The van der Waals surface area contributed by atoms with Crippen molar-refractivity contribution in [2.75, 3.05) is 4.31 Å². The Morgan fingerprint density at radius 3 is 1.96 bits per heavy atom. The quantitative estimate of drug-likeness (QED) is 0.733. The lowest BCUT2D eigenvalue weighted by Crippen LogP contribution is -2.37. The van der Waals surface area contributed by atoms with E-state index in [0.717, 1.165) is 4.31 Å². The molecule has 1 aromatic heterocycles. The van der Waals surface area contributed by atoms with Crippen molar-refractivity contribution >= 4 is 21.6 Å². The molecule has 0 aliphatic rings. The Bertz CT molecular complexity index is 928. The molecule has 0 aliphatic heterocycles. The molecule has 2 aromatic carbocycles.